The Morgan fingerprint density at radius 1 is 0.974 bits per heavy atom. The fourth-order valence-electron chi connectivity index (χ4n) is 3.40. The van der Waals surface area contributed by atoms with Gasteiger partial charge in [0.25, 0.3) is 0 Å². The number of nitrogens with two attached hydrogens (primary N) is 3. The molecule has 0 spiro atoms. The molecule has 38 heavy (non-hydrogen) atoms. The van der Waals surface area contributed by atoms with Crippen molar-refractivity contribution in [1.29, 1.82) is 0 Å². The largest absolute Gasteiger partial charge is 0.480 e. The number of hydrogen-bond donors (Lipinski definition) is 8. The van der Waals surface area contributed by atoms with E-state index in [4.69, 9.17) is 17.2 Å². The van der Waals surface area contributed by atoms with Crippen LogP contribution < -0.4 is 33.2 Å². The van der Waals surface area contributed by atoms with Crippen LogP contribution in [0.2, 0.25) is 0 Å². The summed E-state index contributed by atoms with van der Waals surface area (Å²) in [5, 5.41) is 27.0. The van der Waals surface area contributed by atoms with Crippen molar-refractivity contribution < 1.29 is 29.4 Å². The van der Waals surface area contributed by atoms with E-state index in [0.717, 1.165) is 5.56 Å². The van der Waals surface area contributed by atoms with E-state index in [2.05, 4.69) is 20.9 Å². The third-order valence-corrected chi connectivity index (χ3v) is 6.15. The molecule has 0 unspecified atom stereocenters. The van der Waals surface area contributed by atoms with Crippen molar-refractivity contribution in [2.24, 2.45) is 22.2 Å². The first-order valence-electron chi connectivity index (χ1n) is 12.1. The lowest BCUT2D eigenvalue weighted by Gasteiger charge is -2.26. The maximum atomic E-state index is 13.2. The summed E-state index contributed by atoms with van der Waals surface area (Å²) in [4.78, 5) is 54.2. The van der Waals surface area contributed by atoms with Gasteiger partial charge in [-0.2, -0.15) is 11.8 Å². The van der Waals surface area contributed by atoms with E-state index >= 15 is 0 Å². The second kappa shape index (κ2) is 17.2. The summed E-state index contributed by atoms with van der Waals surface area (Å²) in [5.74, 6) is -3.01. The predicted molar refractivity (Wildman–Crippen MR) is 146 cm³/mol. The van der Waals surface area contributed by atoms with Gasteiger partial charge in [-0.25, -0.2) is 4.79 Å². The van der Waals surface area contributed by atoms with Crippen molar-refractivity contribution in [3.63, 3.8) is 0 Å². The summed E-state index contributed by atoms with van der Waals surface area (Å²) in [6.45, 7) is 1.58. The summed E-state index contributed by atoms with van der Waals surface area (Å²) in [7, 11) is 0. The predicted octanol–water partition coefficient (Wildman–Crippen LogP) is -1.72. The number of rotatable bonds is 17. The summed E-state index contributed by atoms with van der Waals surface area (Å²) in [6.07, 6.45) is 1.40. The van der Waals surface area contributed by atoms with Crippen LogP contribution in [-0.2, 0) is 25.6 Å². The Hall–Kier alpha value is -3.36. The van der Waals surface area contributed by atoms with Crippen LogP contribution in [-0.4, -0.2) is 88.7 Å². The molecule has 0 saturated carbocycles. The number of thioether (sulfide) groups is 1. The monoisotopic (exact) mass is 553 g/mol. The van der Waals surface area contributed by atoms with Crippen LogP contribution in [0.4, 0.5) is 0 Å². The Balaban J connectivity index is 2.99. The molecule has 0 aliphatic carbocycles. The molecule has 3 amide bonds. The molecule has 0 bridgehead atoms. The first-order chi connectivity index (χ1) is 18.0. The quantitative estimate of drug-likeness (QED) is 0.0617. The Morgan fingerprint density at radius 2 is 1.61 bits per heavy atom. The van der Waals surface area contributed by atoms with Gasteiger partial charge in [0.05, 0.1) is 12.1 Å². The Bertz CT molecular complexity index is 943. The number of guanidine groups is 1. The minimum Gasteiger partial charge on any atom is -0.480 e. The van der Waals surface area contributed by atoms with E-state index in [1.54, 1.807) is 36.6 Å². The number of aliphatic carboxylic acids is 1. The molecule has 13 nitrogen and oxygen atoms in total. The van der Waals surface area contributed by atoms with Crippen molar-refractivity contribution in [3.05, 3.63) is 35.9 Å². The van der Waals surface area contributed by atoms with Crippen LogP contribution in [0.5, 0.6) is 0 Å². The van der Waals surface area contributed by atoms with Crippen LogP contribution in [0.1, 0.15) is 31.7 Å². The lowest BCUT2D eigenvalue weighted by molar-refractivity contribution is -0.143. The van der Waals surface area contributed by atoms with Gasteiger partial charge in [-0.3, -0.25) is 19.4 Å². The minimum atomic E-state index is -1.46. The molecule has 1 aromatic rings. The van der Waals surface area contributed by atoms with E-state index in [1.807, 2.05) is 0 Å². The highest BCUT2D eigenvalue weighted by atomic mass is 32.2. The molecule has 0 heterocycles. The van der Waals surface area contributed by atoms with E-state index in [-0.39, 0.29) is 31.8 Å². The maximum absolute atomic E-state index is 13.2. The van der Waals surface area contributed by atoms with E-state index in [0.29, 0.717) is 12.2 Å². The number of nitrogens with zero attached hydrogens (tertiary/aromatic N) is 1. The van der Waals surface area contributed by atoms with Gasteiger partial charge in [-0.05, 0) is 43.8 Å². The number of amides is 3. The van der Waals surface area contributed by atoms with Crippen LogP contribution in [0.25, 0.3) is 0 Å². The minimum absolute atomic E-state index is 0.0711. The fraction of sp³-hybridized carbons (Fsp3) is 0.542. The number of carboxylic acids is 1. The average molecular weight is 554 g/mol. The van der Waals surface area contributed by atoms with E-state index < -0.39 is 54.0 Å². The zero-order valence-corrected chi connectivity index (χ0v) is 22.4. The molecular weight excluding hydrogens is 514 g/mol. The Labute approximate surface area is 226 Å². The van der Waals surface area contributed by atoms with Crippen LogP contribution in [0, 0.1) is 0 Å². The topological polar surface area (TPSA) is 235 Å². The lowest BCUT2D eigenvalue weighted by Crippen LogP contribution is -2.60. The van der Waals surface area contributed by atoms with Gasteiger partial charge >= 0.3 is 5.97 Å². The number of carbonyl (C=O) groups excluding carboxylic acids is 3. The zero-order chi connectivity index (χ0) is 28.7. The number of nitrogens with one attached hydrogen (secondary N) is 3. The third-order valence-electron chi connectivity index (χ3n) is 5.51. The molecule has 0 aliphatic heterocycles. The van der Waals surface area contributed by atoms with Crippen molar-refractivity contribution in [2.45, 2.75) is 62.9 Å². The van der Waals surface area contributed by atoms with Gasteiger partial charge in [-0.15, -0.1) is 0 Å². The Kier molecular flexibility index (Phi) is 14.8. The lowest BCUT2D eigenvalue weighted by atomic mass is 10.0. The van der Waals surface area contributed by atoms with Gasteiger partial charge in [0.15, 0.2) is 5.96 Å². The van der Waals surface area contributed by atoms with Crippen molar-refractivity contribution in [2.75, 3.05) is 18.6 Å². The van der Waals surface area contributed by atoms with E-state index in [1.165, 1.54) is 18.7 Å². The summed E-state index contributed by atoms with van der Waals surface area (Å²) in [5.41, 5.74) is 17.3. The molecule has 14 heteroatoms. The molecular formula is C24H39N7O6S. The highest BCUT2D eigenvalue weighted by Crippen LogP contribution is 2.07. The Morgan fingerprint density at radius 3 is 2.16 bits per heavy atom. The van der Waals surface area contributed by atoms with Crippen molar-refractivity contribution in [3.8, 4) is 0 Å². The standard InChI is InChI=1S/C24H39N7O6S/c1-14(32)19(22(35)29-17(23(36)37)10-12-38-2)31-21(34)18(13-15-7-4-3-5-8-15)30-20(33)16(25)9-6-11-28-24(26)27/h3-5,7-8,14,16-19,32H,6,9-13,25H2,1-2H3,(H,29,35)(H,30,33)(H,31,34)(H,36,37)(H4,26,27,28)/t14-,16+,17+,18+,19+/m1/s1. The fourth-order valence-corrected chi connectivity index (χ4v) is 3.87. The summed E-state index contributed by atoms with van der Waals surface area (Å²) >= 11 is 1.42. The average Bonchev–Trinajstić information content (AvgIpc) is 2.86. The van der Waals surface area contributed by atoms with Crippen LogP contribution in [0.3, 0.4) is 0 Å². The highest BCUT2D eigenvalue weighted by molar-refractivity contribution is 7.98. The summed E-state index contributed by atoms with van der Waals surface area (Å²) in [6, 6.07) is 4.16. The zero-order valence-electron chi connectivity index (χ0n) is 21.6. The van der Waals surface area contributed by atoms with Crippen molar-refractivity contribution in [1.82, 2.24) is 16.0 Å². The molecule has 212 valence electrons. The molecule has 0 aromatic heterocycles. The van der Waals surface area contributed by atoms with Gasteiger partial charge in [0.1, 0.15) is 18.1 Å². The van der Waals surface area contributed by atoms with E-state index in [9.17, 15) is 29.4 Å². The molecule has 11 N–H and O–H groups in total. The number of carboxylic acid groups (broad SMARTS) is 1. The van der Waals surface area contributed by atoms with Gasteiger partial charge in [0, 0.05) is 13.0 Å². The first kappa shape index (κ1) is 32.7. The molecule has 1 rings (SSSR count). The molecule has 0 fully saturated rings. The second-order valence-corrected chi connectivity index (χ2v) is 9.70. The number of aliphatic hydroxyl groups excluding tert-OH is 1. The number of aliphatic hydroxyl groups is 1. The smallest absolute Gasteiger partial charge is 0.326 e. The molecule has 0 saturated heterocycles. The summed E-state index contributed by atoms with van der Waals surface area (Å²) < 4.78 is 0. The first-order valence-corrected chi connectivity index (χ1v) is 13.5. The number of benzene rings is 1. The van der Waals surface area contributed by atoms with Crippen molar-refractivity contribution >= 4 is 41.4 Å². The highest BCUT2D eigenvalue weighted by Gasteiger charge is 2.32. The van der Waals surface area contributed by atoms with Gasteiger partial charge < -0.3 is 43.4 Å². The van der Waals surface area contributed by atoms with Gasteiger partial charge in [-0.1, -0.05) is 30.3 Å². The van der Waals surface area contributed by atoms with Crippen LogP contribution >= 0.6 is 11.8 Å². The third kappa shape index (κ3) is 12.3. The molecule has 0 radical (unpaired) electrons. The normalized spacial score (nSPS) is 14.7. The number of carbonyl (C=O) groups is 4. The number of aliphatic imine (C=N–C) groups is 1. The van der Waals surface area contributed by atoms with Crippen LogP contribution in [0.15, 0.2) is 35.3 Å². The molecule has 1 aromatic carbocycles. The molecule has 5 atom stereocenters. The van der Waals surface area contributed by atoms with Gasteiger partial charge in [0.2, 0.25) is 17.7 Å². The second-order valence-electron chi connectivity index (χ2n) is 8.71. The maximum Gasteiger partial charge on any atom is 0.326 e. The SMILES string of the molecule is CSCC[C@H](NC(=O)[C@@H](NC(=O)[C@H](Cc1ccccc1)NC(=O)[C@@H](N)CCCN=C(N)N)[C@@H](C)O)C(=O)O. The molecule has 0 aliphatic rings. The number of hydrogen-bond acceptors (Lipinski definition) is 8.